The normalized spacial score (nSPS) is 13.3. The van der Waals surface area contributed by atoms with Gasteiger partial charge in [0.05, 0.1) is 31.0 Å². The van der Waals surface area contributed by atoms with E-state index in [4.69, 9.17) is 9.47 Å². The van der Waals surface area contributed by atoms with E-state index < -0.39 is 24.9 Å². The van der Waals surface area contributed by atoms with Gasteiger partial charge in [-0.05, 0) is 36.7 Å². The second-order valence-electron chi connectivity index (χ2n) is 5.98. The van der Waals surface area contributed by atoms with Gasteiger partial charge in [0.1, 0.15) is 0 Å². The monoisotopic (exact) mass is 358 g/mol. The second-order valence-corrected chi connectivity index (χ2v) is 7.41. The summed E-state index contributed by atoms with van der Waals surface area (Å²) in [5, 5.41) is 0. The molecule has 136 valence electrons. The molecule has 0 aromatic carbocycles. The summed E-state index contributed by atoms with van der Waals surface area (Å²) < 4.78 is 56.8. The highest BCUT2D eigenvalue weighted by molar-refractivity contribution is 7.48. The van der Waals surface area contributed by atoms with Crippen LogP contribution in [0, 0.1) is 5.92 Å². The van der Waals surface area contributed by atoms with Crippen molar-refractivity contribution in [3.05, 3.63) is 25.3 Å². The van der Waals surface area contributed by atoms with E-state index in [1.165, 1.54) is 0 Å². The van der Waals surface area contributed by atoms with Crippen LogP contribution < -0.4 is 0 Å². The number of hydrogen-bond donors (Lipinski definition) is 0. The van der Waals surface area contributed by atoms with Crippen LogP contribution >= 0.6 is 7.82 Å². The Kier molecular flexibility index (Phi) is 9.35. The third-order valence-corrected chi connectivity index (χ3v) is 3.81. The Labute approximate surface area is 135 Å². The molecule has 0 saturated carbocycles. The van der Waals surface area contributed by atoms with Crippen LogP contribution in [-0.4, -0.2) is 31.0 Å². The molecule has 0 amide bonds. The lowest BCUT2D eigenvalue weighted by atomic mass is 10.1. The lowest BCUT2D eigenvalue weighted by Gasteiger charge is -2.28. The van der Waals surface area contributed by atoms with Gasteiger partial charge in [-0.2, -0.15) is 0 Å². The average Bonchev–Trinajstić information content (AvgIpc) is 2.53. The van der Waals surface area contributed by atoms with Gasteiger partial charge in [0.2, 0.25) is 0 Å². The van der Waals surface area contributed by atoms with E-state index in [1.54, 1.807) is 39.8 Å². The van der Waals surface area contributed by atoms with Crippen LogP contribution in [0.4, 0.5) is 9.05 Å². The Hall–Kier alpha value is -0.630. The summed E-state index contributed by atoms with van der Waals surface area (Å²) in [6, 6.07) is 0. The minimum absolute atomic E-state index is 0.102. The van der Waals surface area contributed by atoms with Crippen molar-refractivity contribution >= 4 is 7.82 Å². The molecule has 0 aliphatic rings. The summed E-state index contributed by atoms with van der Waals surface area (Å²) in [6.45, 7) is 14.2. The molecule has 0 aromatic rings. The van der Waals surface area contributed by atoms with Crippen LogP contribution in [0.2, 0.25) is 0 Å². The predicted octanol–water partition coefficient (Wildman–Crippen LogP) is 4.49. The first-order chi connectivity index (χ1) is 10.5. The fourth-order valence-electron chi connectivity index (χ4n) is 1.17. The molecule has 23 heavy (non-hydrogen) atoms. The molecule has 9 heteroatoms. The van der Waals surface area contributed by atoms with E-state index >= 15 is 0 Å². The molecule has 0 aliphatic heterocycles. The molecule has 0 N–H and O–H groups in total. The van der Waals surface area contributed by atoms with E-state index in [9.17, 15) is 13.6 Å². The highest BCUT2D eigenvalue weighted by Crippen LogP contribution is 2.50. The zero-order valence-corrected chi connectivity index (χ0v) is 14.8. The van der Waals surface area contributed by atoms with Gasteiger partial charge in [-0.25, -0.2) is 4.57 Å². The molecule has 0 heterocycles. The van der Waals surface area contributed by atoms with Crippen molar-refractivity contribution in [3.63, 3.8) is 0 Å². The Morgan fingerprint density at radius 1 is 0.957 bits per heavy atom. The van der Waals surface area contributed by atoms with Crippen LogP contribution in [0.5, 0.6) is 0 Å². The zero-order chi connectivity index (χ0) is 18.1. The maximum absolute atomic E-state index is 12.0. The summed E-state index contributed by atoms with van der Waals surface area (Å²) in [6.07, 6.45) is 3.19. The van der Waals surface area contributed by atoms with Crippen LogP contribution in [0.3, 0.4) is 0 Å². The number of ether oxygens (including phenoxy) is 2. The highest BCUT2D eigenvalue weighted by atomic mass is 31.2. The number of rotatable bonds is 13. The van der Waals surface area contributed by atoms with Gasteiger partial charge >= 0.3 is 7.82 Å². The van der Waals surface area contributed by atoms with Crippen LogP contribution in [0.1, 0.15) is 27.7 Å². The second kappa shape index (κ2) is 9.61. The number of hydrogen-bond acceptors (Lipinski definition) is 6. The van der Waals surface area contributed by atoms with Gasteiger partial charge in [0, 0.05) is 5.92 Å². The molecule has 0 saturated heterocycles. The first-order valence-corrected chi connectivity index (χ1v) is 8.39. The summed E-state index contributed by atoms with van der Waals surface area (Å²) in [5.74, 6) is -0.493. The molecule has 0 bridgehead atoms. The summed E-state index contributed by atoms with van der Waals surface area (Å²) >= 11 is 0. The molecule has 0 spiro atoms. The van der Waals surface area contributed by atoms with Crippen molar-refractivity contribution in [2.75, 3.05) is 19.8 Å². The summed E-state index contributed by atoms with van der Waals surface area (Å²) in [7, 11) is -4.86. The fourth-order valence-corrected chi connectivity index (χ4v) is 1.67. The quantitative estimate of drug-likeness (QED) is 0.357. The molecular weight excluding hydrogens is 333 g/mol. The minimum Gasteiger partial charge on any atom is -0.371 e. The van der Waals surface area contributed by atoms with Gasteiger partial charge < -0.3 is 9.47 Å². The van der Waals surface area contributed by atoms with Gasteiger partial charge in [0.25, 0.3) is 0 Å². The van der Waals surface area contributed by atoms with Gasteiger partial charge in [-0.15, -0.1) is 13.2 Å². The van der Waals surface area contributed by atoms with E-state index in [0.29, 0.717) is 0 Å². The Morgan fingerprint density at radius 3 is 1.65 bits per heavy atom. The molecule has 0 aliphatic carbocycles. The van der Waals surface area contributed by atoms with Crippen LogP contribution in [0.15, 0.2) is 25.3 Å². The van der Waals surface area contributed by atoms with Crippen molar-refractivity contribution in [3.8, 4) is 0 Å². The molecule has 0 fully saturated rings. The van der Waals surface area contributed by atoms with Gasteiger partial charge in [0.15, 0.2) is 0 Å². The third-order valence-electron chi connectivity index (χ3n) is 3.00. The van der Waals surface area contributed by atoms with E-state index in [0.717, 1.165) is 0 Å². The Balaban J connectivity index is 4.75. The molecular formula is C14H25F2O6P. The number of phosphoric acid groups is 1. The predicted molar refractivity (Wildman–Crippen MR) is 81.9 cm³/mol. The summed E-state index contributed by atoms with van der Waals surface area (Å²) in [5.41, 5.74) is -1.24. The lowest BCUT2D eigenvalue weighted by Crippen LogP contribution is -2.32. The first-order valence-electron chi connectivity index (χ1n) is 6.93. The smallest absolute Gasteiger partial charge is 0.371 e. The van der Waals surface area contributed by atoms with Gasteiger partial charge in [-0.3, -0.25) is 4.52 Å². The van der Waals surface area contributed by atoms with Crippen molar-refractivity contribution in [1.29, 1.82) is 0 Å². The lowest BCUT2D eigenvalue weighted by molar-refractivity contribution is -0.125. The van der Waals surface area contributed by atoms with Crippen molar-refractivity contribution < 1.29 is 37.1 Å². The highest BCUT2D eigenvalue weighted by Gasteiger charge is 2.32. The Morgan fingerprint density at radius 2 is 1.35 bits per heavy atom. The molecule has 0 atom stereocenters. The molecule has 0 aromatic heterocycles. The maximum Gasteiger partial charge on any atom is 0.537 e. The molecule has 0 rings (SSSR count). The molecule has 0 radical (unpaired) electrons. The maximum atomic E-state index is 12.0. The third kappa shape index (κ3) is 9.30. The van der Waals surface area contributed by atoms with E-state index in [2.05, 4.69) is 27.1 Å². The largest absolute Gasteiger partial charge is 0.537 e. The van der Waals surface area contributed by atoms with Crippen LogP contribution in [0.25, 0.3) is 0 Å². The standard InChI is InChI=1S/C14H25F2O6P/c1-7-13(3,4)18-9-12(10-19-14(5,6)8-2)11-20-23(17,21-15)22-16/h7-8,12H,1-2,9-11H2,3-6H3. The van der Waals surface area contributed by atoms with Crippen LogP contribution in [-0.2, 0) is 28.0 Å². The van der Waals surface area contributed by atoms with E-state index in [1.807, 2.05) is 0 Å². The SMILES string of the molecule is C=CC(C)(C)OCC(COC(C)(C)C=C)COP(=O)(OF)OF. The Bertz CT molecular complexity index is 395. The van der Waals surface area contributed by atoms with Crippen molar-refractivity contribution in [1.82, 2.24) is 0 Å². The van der Waals surface area contributed by atoms with Crippen molar-refractivity contribution in [2.45, 2.75) is 38.9 Å². The topological polar surface area (TPSA) is 63.2 Å². The number of halogens is 2. The minimum atomic E-state index is -4.86. The van der Waals surface area contributed by atoms with Crippen molar-refractivity contribution in [2.24, 2.45) is 5.92 Å². The first kappa shape index (κ1) is 22.4. The fraction of sp³-hybridized carbons (Fsp3) is 0.714. The van der Waals surface area contributed by atoms with Gasteiger partial charge in [-0.1, -0.05) is 21.6 Å². The zero-order valence-electron chi connectivity index (χ0n) is 13.9. The molecule has 6 nitrogen and oxygen atoms in total. The van der Waals surface area contributed by atoms with E-state index in [-0.39, 0.29) is 19.8 Å². The summed E-state index contributed by atoms with van der Waals surface area (Å²) in [4.78, 5) is 0. The average molecular weight is 358 g/mol. The molecule has 0 unspecified atom stereocenters.